The first-order valence-electron chi connectivity index (χ1n) is 17.6. The third kappa shape index (κ3) is 7.34. The Labute approximate surface area is 287 Å². The average Bonchev–Trinajstić information content (AvgIpc) is 3.06. The van der Waals surface area contributed by atoms with Crippen LogP contribution in [0.1, 0.15) is 88.4 Å². The first kappa shape index (κ1) is 34.5. The van der Waals surface area contributed by atoms with E-state index in [1.165, 1.54) is 4.57 Å². The second kappa shape index (κ2) is 13.9. The molecule has 1 unspecified atom stereocenters. The molecule has 2 N–H and O–H groups in total. The normalized spacial score (nSPS) is 20.9. The summed E-state index contributed by atoms with van der Waals surface area (Å²) in [6.07, 6.45) is 6.20. The van der Waals surface area contributed by atoms with E-state index in [4.69, 9.17) is 4.74 Å². The molecule has 1 aliphatic carbocycles. The van der Waals surface area contributed by atoms with Crippen molar-refractivity contribution >= 4 is 34.4 Å². The molecule has 1 aromatic carbocycles. The molecule has 1 saturated carbocycles. The van der Waals surface area contributed by atoms with Crippen molar-refractivity contribution in [2.24, 2.45) is 10.8 Å². The van der Waals surface area contributed by atoms with E-state index < -0.39 is 11.9 Å². The number of piperidine rings is 1. The van der Waals surface area contributed by atoms with Gasteiger partial charge in [-0.1, -0.05) is 33.8 Å². The number of benzene rings is 1. The lowest BCUT2D eigenvalue weighted by Gasteiger charge is -2.57. The Kier molecular flexibility index (Phi) is 9.79. The van der Waals surface area contributed by atoms with E-state index in [-0.39, 0.29) is 47.1 Å². The molecule has 3 aliphatic rings. The van der Waals surface area contributed by atoms with Crippen molar-refractivity contribution in [2.45, 2.75) is 85.2 Å². The fourth-order valence-electron chi connectivity index (χ4n) is 8.33. The molecule has 262 valence electrons. The summed E-state index contributed by atoms with van der Waals surface area (Å²) in [4.78, 5) is 64.4. The fraction of sp³-hybridized carbons (Fsp3) is 0.568. The van der Waals surface area contributed by atoms with E-state index in [1.54, 1.807) is 25.3 Å². The minimum atomic E-state index is -0.755. The second-order valence-corrected chi connectivity index (χ2v) is 15.2. The maximum atomic E-state index is 13.4. The summed E-state index contributed by atoms with van der Waals surface area (Å²) in [5, 5.41) is 5.95. The molecule has 0 radical (unpaired) electrons. The van der Waals surface area contributed by atoms with Gasteiger partial charge in [-0.15, -0.1) is 0 Å². The maximum absolute atomic E-state index is 13.4. The van der Waals surface area contributed by atoms with Crippen LogP contribution in [-0.2, 0) is 9.59 Å². The number of carbonyl (C=O) groups excluding carboxylic acids is 3. The number of amides is 3. The van der Waals surface area contributed by atoms with Gasteiger partial charge in [-0.2, -0.15) is 0 Å². The van der Waals surface area contributed by atoms with Crippen molar-refractivity contribution in [3.8, 4) is 5.75 Å². The van der Waals surface area contributed by atoms with Gasteiger partial charge in [-0.3, -0.25) is 34.0 Å². The van der Waals surface area contributed by atoms with Crippen LogP contribution in [0.2, 0.25) is 0 Å². The number of aromatic nitrogens is 3. The van der Waals surface area contributed by atoms with Gasteiger partial charge in [0.15, 0.2) is 0 Å². The molecule has 2 aromatic heterocycles. The van der Waals surface area contributed by atoms with E-state index in [9.17, 15) is 19.2 Å². The second-order valence-electron chi connectivity index (χ2n) is 15.2. The summed E-state index contributed by atoms with van der Waals surface area (Å²) in [7, 11) is 0. The third-order valence-electron chi connectivity index (χ3n) is 10.4. The molecule has 0 spiro atoms. The molecule has 49 heavy (non-hydrogen) atoms. The minimum Gasteiger partial charge on any atom is -0.491 e. The van der Waals surface area contributed by atoms with E-state index >= 15 is 0 Å². The molecule has 3 amide bonds. The van der Waals surface area contributed by atoms with Crippen molar-refractivity contribution in [3.63, 3.8) is 0 Å². The number of para-hydroxylation sites is 1. The quantitative estimate of drug-likeness (QED) is 0.229. The van der Waals surface area contributed by atoms with Crippen LogP contribution in [0.3, 0.4) is 0 Å². The van der Waals surface area contributed by atoms with Crippen LogP contribution >= 0.6 is 0 Å². The Balaban J connectivity index is 0.925. The predicted molar refractivity (Wildman–Crippen MR) is 188 cm³/mol. The number of fused-ring (bicyclic) bond motifs is 1. The van der Waals surface area contributed by atoms with Crippen LogP contribution in [0.25, 0.3) is 10.9 Å². The van der Waals surface area contributed by atoms with Gasteiger partial charge in [-0.25, -0.2) is 9.97 Å². The van der Waals surface area contributed by atoms with E-state index in [2.05, 4.69) is 58.1 Å². The summed E-state index contributed by atoms with van der Waals surface area (Å²) in [6.45, 7) is 15.8. The van der Waals surface area contributed by atoms with Crippen molar-refractivity contribution in [1.82, 2.24) is 30.1 Å². The number of aryl methyl sites for hydroxylation is 1. The molecule has 3 aromatic rings. The van der Waals surface area contributed by atoms with Gasteiger partial charge in [-0.05, 0) is 80.7 Å². The van der Waals surface area contributed by atoms with Gasteiger partial charge in [0.2, 0.25) is 11.8 Å². The summed E-state index contributed by atoms with van der Waals surface area (Å²) in [5.74, 6) is 1.02. The Morgan fingerprint density at radius 2 is 1.76 bits per heavy atom. The van der Waals surface area contributed by atoms with E-state index in [0.717, 1.165) is 64.2 Å². The molecule has 12 nitrogen and oxygen atoms in total. The van der Waals surface area contributed by atoms with Crippen molar-refractivity contribution < 1.29 is 19.1 Å². The SMILES string of the molecule is Cc1nc2c(OCCCCCN3CCN(c4ccc(C(=O)NC5C(C)(C)CC5(C)C)cn4)CC3)cccc2c(=O)n1C1CCC(=O)NC1=O. The number of hydrogen-bond donors (Lipinski definition) is 2. The number of unbranched alkanes of at least 4 members (excludes halogenated alkanes) is 2. The van der Waals surface area contributed by atoms with E-state index in [0.29, 0.717) is 34.6 Å². The average molecular weight is 672 g/mol. The lowest BCUT2D eigenvalue weighted by atomic mass is 9.52. The first-order valence-corrected chi connectivity index (χ1v) is 17.6. The Morgan fingerprint density at radius 3 is 2.43 bits per heavy atom. The lowest BCUT2D eigenvalue weighted by Crippen LogP contribution is -2.63. The van der Waals surface area contributed by atoms with Crippen LogP contribution in [-0.4, -0.2) is 82.5 Å². The number of carbonyl (C=O) groups is 3. The number of ether oxygens (including phenoxy) is 1. The van der Waals surface area contributed by atoms with Crippen LogP contribution in [0.4, 0.5) is 5.82 Å². The summed E-state index contributed by atoms with van der Waals surface area (Å²) in [5.41, 5.74) is 0.985. The lowest BCUT2D eigenvalue weighted by molar-refractivity contribution is -0.135. The zero-order valence-corrected chi connectivity index (χ0v) is 29.4. The number of nitrogens with one attached hydrogen (secondary N) is 2. The number of nitrogens with zero attached hydrogens (tertiary/aromatic N) is 5. The number of pyridine rings is 1. The van der Waals surface area contributed by atoms with Gasteiger partial charge >= 0.3 is 0 Å². The third-order valence-corrected chi connectivity index (χ3v) is 10.4. The Hall–Kier alpha value is -4.32. The van der Waals surface area contributed by atoms with Crippen LogP contribution < -0.4 is 25.8 Å². The van der Waals surface area contributed by atoms with Gasteiger partial charge in [0, 0.05) is 44.8 Å². The minimum absolute atomic E-state index is 0.0553. The highest BCUT2D eigenvalue weighted by molar-refractivity contribution is 5.99. The Morgan fingerprint density at radius 1 is 1.00 bits per heavy atom. The van der Waals surface area contributed by atoms with Crippen LogP contribution in [0.5, 0.6) is 5.75 Å². The van der Waals surface area contributed by atoms with Gasteiger partial charge in [0.1, 0.15) is 29.0 Å². The zero-order chi connectivity index (χ0) is 34.9. The summed E-state index contributed by atoms with van der Waals surface area (Å²) >= 11 is 0. The van der Waals surface area contributed by atoms with E-state index in [1.807, 2.05) is 18.2 Å². The molecular formula is C37H49N7O5. The van der Waals surface area contributed by atoms with Crippen molar-refractivity contribution in [3.05, 3.63) is 58.3 Å². The van der Waals surface area contributed by atoms with Gasteiger partial charge < -0.3 is 15.0 Å². The molecule has 4 heterocycles. The first-order chi connectivity index (χ1) is 23.3. The van der Waals surface area contributed by atoms with Crippen LogP contribution in [0, 0.1) is 17.8 Å². The molecule has 12 heteroatoms. The fourth-order valence-corrected chi connectivity index (χ4v) is 8.33. The Bertz CT molecular complexity index is 1760. The highest BCUT2D eigenvalue weighted by Gasteiger charge is 2.53. The molecule has 3 fully saturated rings. The number of rotatable bonds is 11. The summed E-state index contributed by atoms with van der Waals surface area (Å²) < 4.78 is 7.47. The molecule has 0 bridgehead atoms. The largest absolute Gasteiger partial charge is 0.491 e. The number of anilines is 1. The molecule has 2 aliphatic heterocycles. The molecule has 1 atom stereocenters. The summed E-state index contributed by atoms with van der Waals surface area (Å²) in [6, 6.07) is 8.52. The maximum Gasteiger partial charge on any atom is 0.262 e. The highest BCUT2D eigenvalue weighted by atomic mass is 16.5. The number of piperazine rings is 1. The van der Waals surface area contributed by atoms with Gasteiger partial charge in [0.05, 0.1) is 17.6 Å². The van der Waals surface area contributed by atoms with Crippen molar-refractivity contribution in [1.29, 1.82) is 0 Å². The molecule has 6 rings (SSSR count). The topological polar surface area (TPSA) is 139 Å². The number of hydrogen-bond acceptors (Lipinski definition) is 9. The zero-order valence-electron chi connectivity index (χ0n) is 29.4. The number of imide groups is 1. The standard InChI is InChI=1S/C37H49N7O5/c1-24-39-31-26(34(48)44(24)27-13-15-30(45)40-33(27)47)10-9-11-28(31)49-21-8-6-7-16-42-17-19-43(20-18-42)29-14-12-25(22-38-29)32(46)41-35-36(2,3)23-37(35,4)5/h9-12,14,22,27,35H,6-8,13,15-21,23H2,1-5H3,(H,41,46)(H,40,45,47). The smallest absolute Gasteiger partial charge is 0.262 e. The predicted octanol–water partition coefficient (Wildman–Crippen LogP) is 4.00. The molecule has 2 saturated heterocycles. The van der Waals surface area contributed by atoms with Gasteiger partial charge in [0.25, 0.3) is 11.5 Å². The molecular weight excluding hydrogens is 622 g/mol. The van der Waals surface area contributed by atoms with Crippen molar-refractivity contribution in [2.75, 3.05) is 44.2 Å². The highest BCUT2D eigenvalue weighted by Crippen LogP contribution is 2.53. The monoisotopic (exact) mass is 671 g/mol. The van der Waals surface area contributed by atoms with Crippen LogP contribution in [0.15, 0.2) is 41.3 Å².